The molecule has 0 saturated carbocycles. The van der Waals surface area contributed by atoms with Crippen LogP contribution in [0.2, 0.25) is 0 Å². The second-order valence-electron chi connectivity index (χ2n) is 4.80. The number of hydrogen-bond acceptors (Lipinski definition) is 4. The molecule has 0 amide bonds. The van der Waals surface area contributed by atoms with Gasteiger partial charge in [0.05, 0.1) is 18.4 Å². The Morgan fingerprint density at radius 3 is 2.61 bits per heavy atom. The number of pyridine rings is 1. The summed E-state index contributed by atoms with van der Waals surface area (Å²) in [6.45, 7) is 1.48. The monoisotopic (exact) mass is 432 g/mol. The molecular weight excluding hydrogens is 418 g/mol. The maximum Gasteiger partial charge on any atom is 0.343 e. The van der Waals surface area contributed by atoms with Crippen LogP contribution in [0, 0.1) is 16.3 Å². The van der Waals surface area contributed by atoms with Crippen LogP contribution >= 0.6 is 22.6 Å². The highest BCUT2D eigenvalue weighted by Gasteiger charge is 2.24. The molecule has 0 bridgehead atoms. The van der Waals surface area contributed by atoms with Gasteiger partial charge in [-0.2, -0.15) is 0 Å². The van der Waals surface area contributed by atoms with E-state index in [1.165, 1.54) is 33.2 Å². The number of carboxylic acid groups (broad SMARTS) is 1. The minimum atomic E-state index is -1.28. The van der Waals surface area contributed by atoms with Crippen molar-refractivity contribution in [2.24, 2.45) is 7.05 Å². The maximum atomic E-state index is 14.0. The number of benzene rings is 1. The number of anilines is 2. The van der Waals surface area contributed by atoms with E-state index in [0.29, 0.717) is 3.57 Å². The van der Waals surface area contributed by atoms with E-state index in [-0.39, 0.29) is 28.4 Å². The summed E-state index contributed by atoms with van der Waals surface area (Å²) in [5, 5.41) is 12.2. The summed E-state index contributed by atoms with van der Waals surface area (Å²) in [5.41, 5.74) is -0.430. The SMILES string of the molecule is COc1c(C(=O)O)c(Nc2ccc(I)cc2F)n(C)c(=O)c1C. The van der Waals surface area contributed by atoms with Crippen molar-refractivity contribution < 1.29 is 19.0 Å². The topological polar surface area (TPSA) is 80.6 Å². The molecule has 0 spiro atoms. The van der Waals surface area contributed by atoms with E-state index in [1.807, 2.05) is 22.6 Å². The van der Waals surface area contributed by atoms with Gasteiger partial charge in [-0.05, 0) is 47.7 Å². The van der Waals surface area contributed by atoms with Crippen LogP contribution in [-0.4, -0.2) is 22.8 Å². The number of carbonyl (C=O) groups is 1. The average molecular weight is 432 g/mol. The predicted octanol–water partition coefficient (Wildman–Crippen LogP) is 2.89. The van der Waals surface area contributed by atoms with Crippen LogP contribution < -0.4 is 15.6 Å². The zero-order valence-electron chi connectivity index (χ0n) is 12.6. The molecule has 23 heavy (non-hydrogen) atoms. The Bertz CT molecular complexity index is 848. The van der Waals surface area contributed by atoms with Crippen molar-refractivity contribution >= 4 is 40.1 Å². The van der Waals surface area contributed by atoms with E-state index in [4.69, 9.17) is 4.74 Å². The molecule has 2 aromatic rings. The number of aromatic nitrogens is 1. The second kappa shape index (κ2) is 6.57. The summed E-state index contributed by atoms with van der Waals surface area (Å²) >= 11 is 1.96. The highest BCUT2D eigenvalue weighted by molar-refractivity contribution is 14.1. The van der Waals surface area contributed by atoms with Crippen LogP contribution in [0.4, 0.5) is 15.9 Å². The maximum absolute atomic E-state index is 14.0. The smallest absolute Gasteiger partial charge is 0.343 e. The molecular formula is C15H14FIN2O4. The van der Waals surface area contributed by atoms with E-state index < -0.39 is 17.3 Å². The molecule has 0 aliphatic carbocycles. The van der Waals surface area contributed by atoms with Gasteiger partial charge in [0, 0.05) is 10.6 Å². The van der Waals surface area contributed by atoms with Gasteiger partial charge in [0.15, 0.2) is 0 Å². The molecule has 1 aromatic carbocycles. The minimum absolute atomic E-state index is 0.0472. The van der Waals surface area contributed by atoms with Crippen LogP contribution in [0.15, 0.2) is 23.0 Å². The van der Waals surface area contributed by atoms with Gasteiger partial charge >= 0.3 is 5.97 Å². The van der Waals surface area contributed by atoms with E-state index in [1.54, 1.807) is 6.07 Å². The number of aromatic carboxylic acids is 1. The van der Waals surface area contributed by atoms with Crippen molar-refractivity contribution in [1.29, 1.82) is 0 Å². The molecule has 0 aliphatic heterocycles. The summed E-state index contributed by atoms with van der Waals surface area (Å²) in [6.07, 6.45) is 0. The van der Waals surface area contributed by atoms with Crippen LogP contribution in [-0.2, 0) is 7.05 Å². The van der Waals surface area contributed by atoms with E-state index in [9.17, 15) is 19.1 Å². The third-order valence-electron chi connectivity index (χ3n) is 3.37. The van der Waals surface area contributed by atoms with Crippen LogP contribution in [0.5, 0.6) is 5.75 Å². The predicted molar refractivity (Wildman–Crippen MR) is 92.3 cm³/mol. The Labute approximate surface area is 145 Å². The highest BCUT2D eigenvalue weighted by Crippen LogP contribution is 2.30. The second-order valence-corrected chi connectivity index (χ2v) is 6.05. The third-order valence-corrected chi connectivity index (χ3v) is 4.04. The van der Waals surface area contributed by atoms with Gasteiger partial charge in [0.2, 0.25) is 0 Å². The number of halogens is 2. The largest absolute Gasteiger partial charge is 0.495 e. The Morgan fingerprint density at radius 1 is 1.43 bits per heavy atom. The summed E-state index contributed by atoms with van der Waals surface area (Å²) in [6, 6.07) is 4.43. The minimum Gasteiger partial charge on any atom is -0.495 e. The third kappa shape index (κ3) is 3.16. The van der Waals surface area contributed by atoms with E-state index in [0.717, 1.165) is 4.57 Å². The van der Waals surface area contributed by atoms with Gasteiger partial charge in [0.25, 0.3) is 5.56 Å². The van der Waals surface area contributed by atoms with Crippen molar-refractivity contribution in [3.05, 3.63) is 49.1 Å². The number of ether oxygens (including phenoxy) is 1. The summed E-state index contributed by atoms with van der Waals surface area (Å²) in [4.78, 5) is 23.8. The quantitative estimate of drug-likeness (QED) is 0.727. The van der Waals surface area contributed by atoms with Crippen molar-refractivity contribution in [1.82, 2.24) is 4.57 Å². The molecule has 8 heteroatoms. The first-order valence-corrected chi connectivity index (χ1v) is 7.58. The molecule has 1 aromatic heterocycles. The molecule has 0 radical (unpaired) electrons. The summed E-state index contributed by atoms with van der Waals surface area (Å²) < 4.78 is 20.9. The van der Waals surface area contributed by atoms with Crippen molar-refractivity contribution in [3.8, 4) is 5.75 Å². The summed E-state index contributed by atoms with van der Waals surface area (Å²) in [5.74, 6) is -1.94. The van der Waals surface area contributed by atoms with Gasteiger partial charge in [-0.15, -0.1) is 0 Å². The van der Waals surface area contributed by atoms with Gasteiger partial charge in [-0.1, -0.05) is 0 Å². The molecule has 0 fully saturated rings. The first kappa shape index (κ1) is 17.3. The standard InChI is InChI=1S/C15H14FIN2O4/c1-7-12(23-3)11(15(21)22)13(19(2)14(7)20)18-10-5-4-8(17)6-9(10)16/h4-6,18H,1-3H3,(H,21,22). The van der Waals surface area contributed by atoms with E-state index >= 15 is 0 Å². The van der Waals surface area contributed by atoms with Crippen molar-refractivity contribution in [3.63, 3.8) is 0 Å². The molecule has 0 unspecified atom stereocenters. The van der Waals surface area contributed by atoms with Crippen molar-refractivity contribution in [2.75, 3.05) is 12.4 Å². The first-order chi connectivity index (χ1) is 10.8. The van der Waals surface area contributed by atoms with Crippen LogP contribution in [0.1, 0.15) is 15.9 Å². The lowest BCUT2D eigenvalue weighted by molar-refractivity contribution is 0.0693. The molecule has 2 N–H and O–H groups in total. The fourth-order valence-electron chi connectivity index (χ4n) is 2.23. The molecule has 122 valence electrons. The lowest BCUT2D eigenvalue weighted by Gasteiger charge is -2.18. The van der Waals surface area contributed by atoms with Gasteiger partial charge < -0.3 is 15.2 Å². The van der Waals surface area contributed by atoms with Crippen LogP contribution in [0.3, 0.4) is 0 Å². The zero-order chi connectivity index (χ0) is 17.3. The molecule has 2 rings (SSSR count). The van der Waals surface area contributed by atoms with Crippen LogP contribution in [0.25, 0.3) is 0 Å². The Balaban J connectivity index is 2.72. The fourth-order valence-corrected chi connectivity index (χ4v) is 2.68. The van der Waals surface area contributed by atoms with Gasteiger partial charge in [-0.3, -0.25) is 9.36 Å². The summed E-state index contributed by atoms with van der Waals surface area (Å²) in [7, 11) is 2.69. The number of rotatable bonds is 4. The normalized spacial score (nSPS) is 10.5. The Morgan fingerprint density at radius 2 is 2.09 bits per heavy atom. The molecule has 0 atom stereocenters. The Hall–Kier alpha value is -2.10. The molecule has 6 nitrogen and oxygen atoms in total. The van der Waals surface area contributed by atoms with Gasteiger partial charge in [-0.25, -0.2) is 9.18 Å². The molecule has 0 saturated heterocycles. The number of methoxy groups -OCH3 is 1. The molecule has 1 heterocycles. The van der Waals surface area contributed by atoms with Crippen molar-refractivity contribution in [2.45, 2.75) is 6.92 Å². The fraction of sp³-hybridized carbons (Fsp3) is 0.200. The number of nitrogens with zero attached hydrogens (tertiary/aromatic N) is 1. The van der Waals surface area contributed by atoms with E-state index in [2.05, 4.69) is 5.32 Å². The average Bonchev–Trinajstić information content (AvgIpc) is 2.49. The lowest BCUT2D eigenvalue weighted by atomic mass is 10.1. The number of carboxylic acids is 1. The molecule has 0 aliphatic rings. The number of hydrogen-bond donors (Lipinski definition) is 2. The van der Waals surface area contributed by atoms with Gasteiger partial charge in [0.1, 0.15) is 22.9 Å². The first-order valence-electron chi connectivity index (χ1n) is 6.50. The number of nitrogens with one attached hydrogen (secondary N) is 1. The lowest BCUT2D eigenvalue weighted by Crippen LogP contribution is -2.26. The Kier molecular flexibility index (Phi) is 4.93. The highest BCUT2D eigenvalue weighted by atomic mass is 127. The zero-order valence-corrected chi connectivity index (χ0v) is 14.8.